The first kappa shape index (κ1) is 24.3. The zero-order valence-corrected chi connectivity index (χ0v) is 20.4. The highest BCUT2D eigenvalue weighted by atomic mass is 14.3. The van der Waals surface area contributed by atoms with Crippen LogP contribution >= 0.6 is 0 Å². The summed E-state index contributed by atoms with van der Waals surface area (Å²) in [4.78, 5) is 0. The molecule has 0 heterocycles. The first-order valence-electron chi connectivity index (χ1n) is 13.5. The standard InChI is InChI=1S/C28H54/c1-6-9-24-14-16-26(17-15-24)21-25(13-12-22(3)4)18-19-27(7-2)28-11-8-10-23(5)20-28/h22-28H,6-21H2,1-5H3. The summed E-state index contributed by atoms with van der Waals surface area (Å²) in [6, 6.07) is 0. The zero-order chi connectivity index (χ0) is 20.4. The summed E-state index contributed by atoms with van der Waals surface area (Å²) >= 11 is 0. The second kappa shape index (κ2) is 13.3. The molecule has 0 nitrogen and oxygen atoms in total. The van der Waals surface area contributed by atoms with E-state index in [2.05, 4.69) is 34.6 Å². The summed E-state index contributed by atoms with van der Waals surface area (Å²) in [7, 11) is 0. The molecule has 2 rings (SSSR count). The van der Waals surface area contributed by atoms with Crippen LogP contribution in [0.15, 0.2) is 0 Å². The Hall–Kier alpha value is 0. The van der Waals surface area contributed by atoms with E-state index in [1.807, 2.05) is 0 Å². The SMILES string of the molecule is CCCC1CCC(CC(CCC(C)C)CCC(CC)C2CCCC(C)C2)CC1. The molecule has 0 aromatic rings. The Bertz CT molecular complexity index is 375. The van der Waals surface area contributed by atoms with Gasteiger partial charge in [0.15, 0.2) is 0 Å². The van der Waals surface area contributed by atoms with Gasteiger partial charge >= 0.3 is 0 Å². The van der Waals surface area contributed by atoms with Crippen molar-refractivity contribution in [2.45, 2.75) is 137 Å². The van der Waals surface area contributed by atoms with Gasteiger partial charge in [-0.25, -0.2) is 0 Å². The normalized spacial score (nSPS) is 31.1. The highest BCUT2D eigenvalue weighted by molar-refractivity contribution is 4.79. The second-order valence-corrected chi connectivity index (χ2v) is 11.5. The van der Waals surface area contributed by atoms with Gasteiger partial charge in [-0.1, -0.05) is 118 Å². The zero-order valence-electron chi connectivity index (χ0n) is 20.4. The third-order valence-electron chi connectivity index (χ3n) is 8.60. The highest BCUT2D eigenvalue weighted by Crippen LogP contribution is 2.40. The van der Waals surface area contributed by atoms with Crippen LogP contribution in [0.25, 0.3) is 0 Å². The Morgan fingerprint density at radius 1 is 0.786 bits per heavy atom. The molecule has 4 atom stereocenters. The number of hydrogen-bond donors (Lipinski definition) is 0. The van der Waals surface area contributed by atoms with E-state index in [1.54, 1.807) is 19.3 Å². The summed E-state index contributed by atoms with van der Waals surface area (Å²) in [5.41, 5.74) is 0. The maximum atomic E-state index is 2.50. The average Bonchev–Trinajstić information content (AvgIpc) is 2.68. The van der Waals surface area contributed by atoms with Gasteiger partial charge in [-0.2, -0.15) is 0 Å². The van der Waals surface area contributed by atoms with E-state index >= 15 is 0 Å². The molecule has 0 spiro atoms. The molecule has 0 saturated heterocycles. The molecular weight excluding hydrogens is 336 g/mol. The van der Waals surface area contributed by atoms with Crippen LogP contribution in [-0.2, 0) is 0 Å². The van der Waals surface area contributed by atoms with Crippen molar-refractivity contribution in [3.8, 4) is 0 Å². The minimum atomic E-state index is 0.879. The Kier molecular flexibility index (Phi) is 11.6. The van der Waals surface area contributed by atoms with Gasteiger partial charge in [0.2, 0.25) is 0 Å². The van der Waals surface area contributed by atoms with Crippen molar-refractivity contribution < 1.29 is 0 Å². The van der Waals surface area contributed by atoms with Crippen LogP contribution in [-0.4, -0.2) is 0 Å². The van der Waals surface area contributed by atoms with Crippen molar-refractivity contribution in [2.24, 2.45) is 41.4 Å². The molecule has 166 valence electrons. The van der Waals surface area contributed by atoms with Crippen LogP contribution in [0.3, 0.4) is 0 Å². The fourth-order valence-corrected chi connectivity index (χ4v) is 6.72. The molecule has 0 N–H and O–H groups in total. The van der Waals surface area contributed by atoms with Crippen molar-refractivity contribution in [3.05, 3.63) is 0 Å². The van der Waals surface area contributed by atoms with E-state index in [1.165, 1.54) is 83.5 Å². The molecule has 0 aromatic heterocycles. The van der Waals surface area contributed by atoms with Crippen molar-refractivity contribution in [3.63, 3.8) is 0 Å². The van der Waals surface area contributed by atoms with Crippen molar-refractivity contribution in [1.82, 2.24) is 0 Å². The van der Waals surface area contributed by atoms with E-state index in [9.17, 15) is 0 Å². The first-order valence-corrected chi connectivity index (χ1v) is 13.5. The molecule has 28 heavy (non-hydrogen) atoms. The monoisotopic (exact) mass is 390 g/mol. The Labute approximate surface area is 179 Å². The first-order chi connectivity index (χ1) is 13.5. The van der Waals surface area contributed by atoms with Crippen molar-refractivity contribution >= 4 is 0 Å². The van der Waals surface area contributed by atoms with Crippen LogP contribution in [0.1, 0.15) is 137 Å². The van der Waals surface area contributed by atoms with E-state index in [0.717, 1.165) is 41.4 Å². The quantitative estimate of drug-likeness (QED) is 0.311. The molecular formula is C28H54. The van der Waals surface area contributed by atoms with Crippen LogP contribution in [0, 0.1) is 41.4 Å². The molecule has 4 unspecified atom stereocenters. The third kappa shape index (κ3) is 8.79. The average molecular weight is 391 g/mol. The predicted octanol–water partition coefficient (Wildman–Crippen LogP) is 9.67. The molecule has 0 bridgehead atoms. The van der Waals surface area contributed by atoms with Crippen molar-refractivity contribution in [2.75, 3.05) is 0 Å². The Balaban J connectivity index is 1.82. The second-order valence-electron chi connectivity index (χ2n) is 11.5. The summed E-state index contributed by atoms with van der Waals surface area (Å²) < 4.78 is 0. The molecule has 0 aliphatic heterocycles. The molecule has 2 aliphatic rings. The fraction of sp³-hybridized carbons (Fsp3) is 1.00. The lowest BCUT2D eigenvalue weighted by Gasteiger charge is -2.35. The molecule has 2 saturated carbocycles. The van der Waals surface area contributed by atoms with Gasteiger partial charge in [-0.05, 0) is 60.7 Å². The summed E-state index contributed by atoms with van der Waals surface area (Å²) in [6.45, 7) is 12.2. The van der Waals surface area contributed by atoms with Gasteiger partial charge in [0.05, 0.1) is 0 Å². The Morgan fingerprint density at radius 2 is 1.46 bits per heavy atom. The Morgan fingerprint density at radius 3 is 2.07 bits per heavy atom. The lowest BCUT2D eigenvalue weighted by molar-refractivity contribution is 0.169. The minimum absolute atomic E-state index is 0.879. The van der Waals surface area contributed by atoms with Gasteiger partial charge in [0, 0.05) is 0 Å². The number of hydrogen-bond acceptors (Lipinski definition) is 0. The smallest absolute Gasteiger partial charge is 0.0383 e. The summed E-state index contributed by atoms with van der Waals surface area (Å²) in [5.74, 6) is 7.07. The maximum Gasteiger partial charge on any atom is -0.0383 e. The van der Waals surface area contributed by atoms with E-state index < -0.39 is 0 Å². The fourth-order valence-electron chi connectivity index (χ4n) is 6.72. The topological polar surface area (TPSA) is 0 Å². The molecule has 0 radical (unpaired) electrons. The number of rotatable bonds is 12. The lowest BCUT2D eigenvalue weighted by Crippen LogP contribution is -2.23. The van der Waals surface area contributed by atoms with Crippen LogP contribution in [0.4, 0.5) is 0 Å². The molecule has 2 aliphatic carbocycles. The lowest BCUT2D eigenvalue weighted by atomic mass is 9.71. The summed E-state index contributed by atoms with van der Waals surface area (Å²) in [6.07, 6.45) is 24.1. The minimum Gasteiger partial charge on any atom is -0.0654 e. The summed E-state index contributed by atoms with van der Waals surface area (Å²) in [5, 5.41) is 0. The molecule has 0 aromatic carbocycles. The van der Waals surface area contributed by atoms with Crippen LogP contribution < -0.4 is 0 Å². The van der Waals surface area contributed by atoms with Gasteiger partial charge in [-0.15, -0.1) is 0 Å². The van der Waals surface area contributed by atoms with E-state index in [-0.39, 0.29) is 0 Å². The largest absolute Gasteiger partial charge is 0.0654 e. The van der Waals surface area contributed by atoms with Crippen LogP contribution in [0.5, 0.6) is 0 Å². The van der Waals surface area contributed by atoms with E-state index in [0.29, 0.717) is 0 Å². The van der Waals surface area contributed by atoms with Gasteiger partial charge in [0.25, 0.3) is 0 Å². The van der Waals surface area contributed by atoms with Gasteiger partial charge in [-0.3, -0.25) is 0 Å². The van der Waals surface area contributed by atoms with Gasteiger partial charge < -0.3 is 0 Å². The predicted molar refractivity (Wildman–Crippen MR) is 127 cm³/mol. The van der Waals surface area contributed by atoms with Crippen LogP contribution in [0.2, 0.25) is 0 Å². The van der Waals surface area contributed by atoms with Crippen molar-refractivity contribution in [1.29, 1.82) is 0 Å². The molecule has 0 amide bonds. The van der Waals surface area contributed by atoms with E-state index in [4.69, 9.17) is 0 Å². The maximum absolute atomic E-state index is 2.50. The highest BCUT2D eigenvalue weighted by Gasteiger charge is 2.28. The molecule has 0 heteroatoms. The van der Waals surface area contributed by atoms with Gasteiger partial charge in [0.1, 0.15) is 0 Å². The molecule has 2 fully saturated rings. The third-order valence-corrected chi connectivity index (χ3v) is 8.60.